The average molecular weight is 422 g/mol. The van der Waals surface area contributed by atoms with Crippen molar-refractivity contribution >= 4 is 18.0 Å². The van der Waals surface area contributed by atoms with Crippen LogP contribution in [0.2, 0.25) is 0 Å². The lowest BCUT2D eigenvalue weighted by atomic mass is 9.98. The van der Waals surface area contributed by atoms with Gasteiger partial charge in [0.1, 0.15) is 18.7 Å². The molecule has 1 unspecified atom stereocenters. The van der Waals surface area contributed by atoms with E-state index in [2.05, 4.69) is 17.2 Å². The molecule has 2 amide bonds. The zero-order chi connectivity index (χ0) is 22.4. The number of ether oxygens (including phenoxy) is 1. The van der Waals surface area contributed by atoms with Crippen LogP contribution in [-0.4, -0.2) is 41.8 Å². The molecule has 0 spiro atoms. The van der Waals surface area contributed by atoms with E-state index < -0.39 is 30.1 Å². The number of alkyl carbamates (subject to hydrolysis) is 1. The maximum atomic E-state index is 12.5. The standard InChI is InChI=1S/C24H26N2O5/c1-3-4-13-21(22(27)25-15(2)23(28)29)26-24(30)31-14-20-18-11-7-5-9-16(18)17-10-6-8-12-19(17)20/h3,5-12,15,20-21H,1,4,13-14H2,2H3,(H,25,27)(H,26,30)(H,28,29)/t15-,21?/m0/s1. The molecule has 1 aliphatic carbocycles. The van der Waals surface area contributed by atoms with Crippen LogP contribution >= 0.6 is 0 Å². The van der Waals surface area contributed by atoms with E-state index in [1.165, 1.54) is 6.92 Å². The fourth-order valence-electron chi connectivity index (χ4n) is 3.71. The van der Waals surface area contributed by atoms with Crippen molar-refractivity contribution in [3.63, 3.8) is 0 Å². The van der Waals surface area contributed by atoms with Gasteiger partial charge in [-0.1, -0.05) is 54.6 Å². The lowest BCUT2D eigenvalue weighted by molar-refractivity contribution is -0.141. The molecule has 7 nitrogen and oxygen atoms in total. The monoisotopic (exact) mass is 422 g/mol. The first-order valence-corrected chi connectivity index (χ1v) is 10.2. The van der Waals surface area contributed by atoms with Crippen LogP contribution < -0.4 is 10.6 Å². The fourth-order valence-corrected chi connectivity index (χ4v) is 3.71. The summed E-state index contributed by atoms with van der Waals surface area (Å²) < 4.78 is 5.48. The Bertz CT molecular complexity index is 942. The summed E-state index contributed by atoms with van der Waals surface area (Å²) in [6.07, 6.45) is 1.66. The molecule has 0 heterocycles. The number of benzene rings is 2. The summed E-state index contributed by atoms with van der Waals surface area (Å²) in [4.78, 5) is 35.9. The summed E-state index contributed by atoms with van der Waals surface area (Å²) in [5.74, 6) is -1.83. The average Bonchev–Trinajstić information content (AvgIpc) is 3.08. The van der Waals surface area contributed by atoms with E-state index in [0.717, 1.165) is 22.3 Å². The molecule has 3 N–H and O–H groups in total. The topological polar surface area (TPSA) is 105 Å². The van der Waals surface area contributed by atoms with Crippen molar-refractivity contribution in [2.75, 3.05) is 6.61 Å². The maximum absolute atomic E-state index is 12.5. The van der Waals surface area contributed by atoms with E-state index in [1.54, 1.807) is 6.08 Å². The van der Waals surface area contributed by atoms with Gasteiger partial charge in [0, 0.05) is 5.92 Å². The first-order chi connectivity index (χ1) is 14.9. The minimum Gasteiger partial charge on any atom is -0.480 e. The molecular formula is C24H26N2O5. The summed E-state index contributed by atoms with van der Waals surface area (Å²) in [6.45, 7) is 5.11. The molecule has 0 aliphatic heterocycles. The number of carboxylic acid groups (broad SMARTS) is 1. The third-order valence-corrected chi connectivity index (χ3v) is 5.34. The summed E-state index contributed by atoms with van der Waals surface area (Å²) in [5.41, 5.74) is 4.43. The van der Waals surface area contributed by atoms with E-state index in [-0.39, 0.29) is 18.9 Å². The summed E-state index contributed by atoms with van der Waals surface area (Å²) in [6, 6.07) is 14.0. The molecule has 3 rings (SSSR count). The van der Waals surface area contributed by atoms with Crippen molar-refractivity contribution in [1.29, 1.82) is 0 Å². The zero-order valence-corrected chi connectivity index (χ0v) is 17.3. The number of carbonyl (C=O) groups is 3. The van der Waals surface area contributed by atoms with Gasteiger partial charge in [-0.15, -0.1) is 6.58 Å². The van der Waals surface area contributed by atoms with Crippen molar-refractivity contribution in [2.24, 2.45) is 0 Å². The first kappa shape index (κ1) is 22.1. The number of amides is 2. The molecular weight excluding hydrogens is 396 g/mol. The van der Waals surface area contributed by atoms with Crippen molar-refractivity contribution in [2.45, 2.75) is 37.8 Å². The molecule has 0 aromatic heterocycles. The molecule has 0 fully saturated rings. The molecule has 2 aromatic carbocycles. The highest BCUT2D eigenvalue weighted by Crippen LogP contribution is 2.44. The van der Waals surface area contributed by atoms with Gasteiger partial charge in [-0.25, -0.2) is 4.79 Å². The smallest absolute Gasteiger partial charge is 0.407 e. The summed E-state index contributed by atoms with van der Waals surface area (Å²) >= 11 is 0. The normalized spacial score (nSPS) is 14.0. The molecule has 1 aliphatic rings. The third kappa shape index (κ3) is 5.12. The molecule has 31 heavy (non-hydrogen) atoms. The predicted molar refractivity (Wildman–Crippen MR) is 117 cm³/mol. The van der Waals surface area contributed by atoms with E-state index >= 15 is 0 Å². The van der Waals surface area contributed by atoms with E-state index in [0.29, 0.717) is 6.42 Å². The van der Waals surface area contributed by atoms with Gasteiger partial charge in [-0.2, -0.15) is 0 Å². The minimum absolute atomic E-state index is 0.0920. The Kier molecular flexibility index (Phi) is 7.07. The summed E-state index contributed by atoms with van der Waals surface area (Å²) in [7, 11) is 0. The number of allylic oxidation sites excluding steroid dienone is 1. The lowest BCUT2D eigenvalue weighted by Crippen LogP contribution is -2.50. The Morgan fingerprint density at radius 2 is 1.65 bits per heavy atom. The highest BCUT2D eigenvalue weighted by Gasteiger charge is 2.30. The van der Waals surface area contributed by atoms with E-state index in [1.807, 2.05) is 48.5 Å². The van der Waals surface area contributed by atoms with Crippen LogP contribution in [-0.2, 0) is 14.3 Å². The van der Waals surface area contributed by atoms with Crippen molar-refractivity contribution in [3.05, 3.63) is 72.3 Å². The van der Waals surface area contributed by atoms with Crippen LogP contribution in [0.25, 0.3) is 11.1 Å². The Labute approximate surface area is 181 Å². The molecule has 0 bridgehead atoms. The second kappa shape index (κ2) is 9.93. The lowest BCUT2D eigenvalue weighted by Gasteiger charge is -2.20. The number of hydrogen-bond donors (Lipinski definition) is 3. The van der Waals surface area contributed by atoms with Gasteiger partial charge in [0.15, 0.2) is 0 Å². The van der Waals surface area contributed by atoms with Gasteiger partial charge in [-0.3, -0.25) is 9.59 Å². The van der Waals surface area contributed by atoms with Gasteiger partial charge in [0.25, 0.3) is 0 Å². The quantitative estimate of drug-likeness (QED) is 0.537. The molecule has 0 saturated carbocycles. The Balaban J connectivity index is 1.66. The molecule has 162 valence electrons. The van der Waals surface area contributed by atoms with Gasteiger partial charge >= 0.3 is 12.1 Å². The predicted octanol–water partition coefficient (Wildman–Crippen LogP) is 3.45. The highest BCUT2D eigenvalue weighted by molar-refractivity contribution is 5.89. The molecule has 0 radical (unpaired) electrons. The van der Waals surface area contributed by atoms with Gasteiger partial charge in [0.05, 0.1) is 0 Å². The van der Waals surface area contributed by atoms with Crippen LogP contribution in [0.1, 0.15) is 36.8 Å². The fraction of sp³-hybridized carbons (Fsp3) is 0.292. The number of rotatable bonds is 9. The van der Waals surface area contributed by atoms with Crippen LogP contribution in [0.3, 0.4) is 0 Å². The minimum atomic E-state index is -1.16. The van der Waals surface area contributed by atoms with Crippen LogP contribution in [0, 0.1) is 0 Å². The third-order valence-electron chi connectivity index (χ3n) is 5.34. The van der Waals surface area contributed by atoms with Crippen molar-refractivity contribution in [1.82, 2.24) is 10.6 Å². The molecule has 0 saturated heterocycles. The number of nitrogens with one attached hydrogen (secondary N) is 2. The highest BCUT2D eigenvalue weighted by atomic mass is 16.5. The van der Waals surface area contributed by atoms with Gasteiger partial charge in [-0.05, 0) is 42.0 Å². The number of aliphatic carboxylic acids is 1. The maximum Gasteiger partial charge on any atom is 0.407 e. The van der Waals surface area contributed by atoms with Crippen molar-refractivity contribution in [3.8, 4) is 11.1 Å². The second-order valence-electron chi connectivity index (χ2n) is 7.46. The van der Waals surface area contributed by atoms with Crippen molar-refractivity contribution < 1.29 is 24.2 Å². The number of hydrogen-bond acceptors (Lipinski definition) is 4. The number of fused-ring (bicyclic) bond motifs is 3. The molecule has 2 aromatic rings. The zero-order valence-electron chi connectivity index (χ0n) is 17.3. The Hall–Kier alpha value is -3.61. The van der Waals surface area contributed by atoms with Gasteiger partial charge < -0.3 is 20.5 Å². The van der Waals surface area contributed by atoms with Crippen LogP contribution in [0.4, 0.5) is 4.79 Å². The summed E-state index contributed by atoms with van der Waals surface area (Å²) in [5, 5.41) is 13.9. The Morgan fingerprint density at radius 3 is 2.19 bits per heavy atom. The molecule has 7 heteroatoms. The van der Waals surface area contributed by atoms with E-state index in [9.17, 15) is 14.4 Å². The van der Waals surface area contributed by atoms with Crippen LogP contribution in [0.5, 0.6) is 0 Å². The van der Waals surface area contributed by atoms with Gasteiger partial charge in [0.2, 0.25) is 5.91 Å². The number of carbonyl (C=O) groups excluding carboxylic acids is 2. The molecule has 2 atom stereocenters. The SMILES string of the molecule is C=CCCC(NC(=O)OCC1c2ccccc2-c2ccccc21)C(=O)N[C@@H](C)C(=O)O. The second-order valence-corrected chi connectivity index (χ2v) is 7.46. The Morgan fingerprint density at radius 1 is 1.06 bits per heavy atom. The van der Waals surface area contributed by atoms with Crippen LogP contribution in [0.15, 0.2) is 61.2 Å². The van der Waals surface area contributed by atoms with E-state index in [4.69, 9.17) is 9.84 Å². The largest absolute Gasteiger partial charge is 0.480 e. The first-order valence-electron chi connectivity index (χ1n) is 10.2. The number of carboxylic acids is 1.